The van der Waals surface area contributed by atoms with Crippen molar-refractivity contribution >= 4 is 23.8 Å². The van der Waals surface area contributed by atoms with Gasteiger partial charge < -0.3 is 4.84 Å². The van der Waals surface area contributed by atoms with Gasteiger partial charge in [0.2, 0.25) is 0 Å². The number of rotatable bonds is 1. The van der Waals surface area contributed by atoms with Crippen molar-refractivity contribution in [2.45, 2.75) is 0 Å². The highest BCUT2D eigenvalue weighted by atomic mass is 35.5. The van der Waals surface area contributed by atoms with Gasteiger partial charge in [-0.05, 0) is 23.4 Å². The van der Waals surface area contributed by atoms with Crippen LogP contribution in [0.4, 0.5) is 0 Å². The van der Waals surface area contributed by atoms with Crippen LogP contribution < -0.4 is 21.8 Å². The van der Waals surface area contributed by atoms with Crippen LogP contribution in [0, 0.1) is 10.4 Å². The highest BCUT2D eigenvalue weighted by molar-refractivity contribution is 6.31. The number of nitrogen functional groups attached to an aromatic ring is 1. The molecule has 1 aliphatic rings. The number of nitrogens with one attached hydrogen (secondary N) is 1. The number of fused-ring (bicyclic) bond motifs is 2. The third kappa shape index (κ3) is 2.03. The lowest BCUT2D eigenvalue weighted by atomic mass is 10.1. The van der Waals surface area contributed by atoms with Crippen molar-refractivity contribution in [2.75, 3.05) is 0 Å². The fraction of sp³-hybridized carbons (Fsp3) is 0. The monoisotopic (exact) mass is 287 g/mol. The zero-order chi connectivity index (χ0) is 14.1. The largest absolute Gasteiger partial charge is 0.364 e. The summed E-state index contributed by atoms with van der Waals surface area (Å²) >= 11 is 6.21. The lowest BCUT2D eigenvalue weighted by Gasteiger charge is -2.01. The van der Waals surface area contributed by atoms with E-state index in [2.05, 4.69) is 10.6 Å². The molecule has 1 amide bonds. The molecular weight excluding hydrogens is 278 g/mol. The fourth-order valence-corrected chi connectivity index (χ4v) is 2.36. The van der Waals surface area contributed by atoms with Crippen LogP contribution >= 0.6 is 11.6 Å². The number of carbonyl (C=O) groups is 1. The van der Waals surface area contributed by atoms with Crippen LogP contribution in [0.5, 0.6) is 0 Å². The molecule has 0 spiro atoms. The third-order valence-corrected chi connectivity index (χ3v) is 3.35. The molecule has 100 valence electrons. The average Bonchev–Trinajstić information content (AvgIpc) is 2.66. The second-order valence-electron chi connectivity index (χ2n) is 4.22. The molecule has 1 heterocycles. The highest BCUT2D eigenvalue weighted by Crippen LogP contribution is 2.08. The van der Waals surface area contributed by atoms with Crippen LogP contribution in [0.2, 0.25) is 5.02 Å². The summed E-state index contributed by atoms with van der Waals surface area (Å²) in [6.07, 6.45) is 1.46. The average molecular weight is 288 g/mol. The first kappa shape index (κ1) is 12.7. The van der Waals surface area contributed by atoms with Gasteiger partial charge in [-0.15, -0.1) is 0 Å². The molecule has 20 heavy (non-hydrogen) atoms. The Hall–Kier alpha value is -2.37. The molecule has 0 bridgehead atoms. The van der Waals surface area contributed by atoms with Crippen molar-refractivity contribution in [3.05, 3.63) is 68.0 Å². The summed E-state index contributed by atoms with van der Waals surface area (Å²) in [6.45, 7) is 0. The van der Waals surface area contributed by atoms with Crippen molar-refractivity contribution in [1.29, 1.82) is 0 Å². The second-order valence-corrected chi connectivity index (χ2v) is 4.63. The lowest BCUT2D eigenvalue weighted by molar-refractivity contribution is 0.0953. The predicted octanol–water partition coefficient (Wildman–Crippen LogP) is 0.533. The zero-order valence-electron chi connectivity index (χ0n) is 10.3. The quantitative estimate of drug-likeness (QED) is 0.456. The van der Waals surface area contributed by atoms with Gasteiger partial charge in [0, 0.05) is 16.0 Å². The van der Waals surface area contributed by atoms with Crippen molar-refractivity contribution < 1.29 is 9.63 Å². The summed E-state index contributed by atoms with van der Waals surface area (Å²) in [5.74, 6) is 4.75. The topological polar surface area (TPSA) is 76.7 Å². The Balaban J connectivity index is 2.56. The summed E-state index contributed by atoms with van der Waals surface area (Å²) in [5.41, 5.74) is 2.47. The van der Waals surface area contributed by atoms with Gasteiger partial charge in [-0.3, -0.25) is 10.2 Å². The van der Waals surface area contributed by atoms with Crippen LogP contribution in [-0.4, -0.2) is 5.91 Å². The molecule has 2 aromatic rings. The molecular formula is C14H10ClN3O2. The molecule has 0 saturated heterocycles. The van der Waals surface area contributed by atoms with E-state index in [1.165, 1.54) is 12.3 Å². The maximum atomic E-state index is 11.7. The summed E-state index contributed by atoms with van der Waals surface area (Å²) in [4.78, 5) is 16.8. The van der Waals surface area contributed by atoms with Crippen LogP contribution in [0.15, 0.2) is 41.6 Å². The van der Waals surface area contributed by atoms with Gasteiger partial charge in [0.1, 0.15) is 11.6 Å². The van der Waals surface area contributed by atoms with Gasteiger partial charge in [0.05, 0.1) is 5.02 Å². The molecule has 0 unspecified atom stereocenters. The van der Waals surface area contributed by atoms with Gasteiger partial charge in [-0.25, -0.2) is 5.84 Å². The van der Waals surface area contributed by atoms with E-state index in [4.69, 9.17) is 22.3 Å². The van der Waals surface area contributed by atoms with E-state index in [0.717, 1.165) is 10.4 Å². The number of nitrogens with two attached hydrogens (primary N) is 1. The van der Waals surface area contributed by atoms with E-state index in [9.17, 15) is 4.79 Å². The van der Waals surface area contributed by atoms with Crippen LogP contribution in [0.25, 0.3) is 6.26 Å². The van der Waals surface area contributed by atoms with Crippen LogP contribution in [-0.2, 0) is 4.84 Å². The number of hydrazine groups is 1. The predicted molar refractivity (Wildman–Crippen MR) is 73.6 cm³/mol. The van der Waals surface area contributed by atoms with Gasteiger partial charge in [-0.1, -0.05) is 35.0 Å². The normalized spacial score (nSPS) is 11.9. The minimum absolute atomic E-state index is 0.376. The van der Waals surface area contributed by atoms with Gasteiger partial charge >= 0.3 is 0 Å². The molecule has 0 aromatic heterocycles. The molecule has 0 aliphatic carbocycles. The molecule has 2 aromatic carbocycles. The molecule has 6 heteroatoms. The molecule has 1 aliphatic heterocycles. The first-order chi connectivity index (χ1) is 9.70. The highest BCUT2D eigenvalue weighted by Gasteiger charge is 2.08. The maximum Gasteiger partial charge on any atom is 0.265 e. The van der Waals surface area contributed by atoms with E-state index in [1.54, 1.807) is 6.07 Å². The van der Waals surface area contributed by atoms with Gasteiger partial charge in [-0.2, -0.15) is 0 Å². The molecule has 5 nitrogen and oxygen atoms in total. The Kier molecular flexibility index (Phi) is 3.14. The van der Waals surface area contributed by atoms with E-state index >= 15 is 0 Å². The minimum atomic E-state index is -0.408. The Morgan fingerprint density at radius 1 is 1.25 bits per heavy atom. The van der Waals surface area contributed by atoms with E-state index < -0.39 is 5.91 Å². The Morgan fingerprint density at radius 2 is 2.05 bits per heavy atom. The first-order valence-corrected chi connectivity index (χ1v) is 6.22. The number of benzene rings is 2. The zero-order valence-corrected chi connectivity index (χ0v) is 11.0. The summed E-state index contributed by atoms with van der Waals surface area (Å²) in [5, 5.41) is 7.35. The molecule has 0 atom stereocenters. The third-order valence-electron chi connectivity index (χ3n) is 3.04. The van der Waals surface area contributed by atoms with Crippen molar-refractivity contribution in [3.63, 3.8) is 0 Å². The van der Waals surface area contributed by atoms with E-state index in [-0.39, 0.29) is 0 Å². The van der Waals surface area contributed by atoms with Crippen LogP contribution in [0.3, 0.4) is 0 Å². The molecule has 0 fully saturated rings. The number of amides is 1. The number of carbonyl (C=O) groups excluding carboxylic acids is 1. The number of hydrogen-bond donors (Lipinski definition) is 2. The Bertz CT molecular complexity index is 909. The second kappa shape index (κ2) is 4.96. The summed E-state index contributed by atoms with van der Waals surface area (Å²) < 4.78 is 0. The smallest absolute Gasteiger partial charge is 0.265 e. The number of halogens is 1. The molecule has 3 N–H and O–H groups in total. The summed E-state index contributed by atoms with van der Waals surface area (Å²) in [6, 6.07) is 10.7. The van der Waals surface area contributed by atoms with Crippen molar-refractivity contribution in [2.24, 2.45) is 11.0 Å². The SMILES string of the molecule is NNC(=O)c1cc(Cl)c2c(c1)=c1ccccc1=NOC=2. The summed E-state index contributed by atoms with van der Waals surface area (Å²) in [7, 11) is 0. The fourth-order valence-electron chi connectivity index (χ4n) is 2.09. The van der Waals surface area contributed by atoms with E-state index in [1.807, 2.05) is 24.3 Å². The lowest BCUT2D eigenvalue weighted by Crippen LogP contribution is -2.30. The van der Waals surface area contributed by atoms with Crippen LogP contribution in [0.1, 0.15) is 10.4 Å². The van der Waals surface area contributed by atoms with Gasteiger partial charge in [0.25, 0.3) is 5.91 Å². The van der Waals surface area contributed by atoms with Crippen molar-refractivity contribution in [1.82, 2.24) is 5.43 Å². The molecule has 0 radical (unpaired) electrons. The Labute approximate surface area is 118 Å². The van der Waals surface area contributed by atoms with Crippen molar-refractivity contribution in [3.8, 4) is 0 Å². The minimum Gasteiger partial charge on any atom is -0.364 e. The van der Waals surface area contributed by atoms with E-state index in [0.29, 0.717) is 21.2 Å². The molecule has 0 saturated carbocycles. The molecule has 3 rings (SSSR count). The standard InChI is InChI=1S/C14H10ClN3O2/c15-12-6-8(14(19)17-16)5-10-9-3-1-2-4-13(9)18-20-7-11(10)12/h1-7H,16H2,(H,17,19). The maximum absolute atomic E-state index is 11.7. The van der Waals surface area contributed by atoms with Gasteiger partial charge in [0.15, 0.2) is 0 Å². The Morgan fingerprint density at radius 3 is 2.85 bits per heavy atom. The number of hydrogen-bond acceptors (Lipinski definition) is 4. The number of nitrogens with zero attached hydrogens (tertiary/aromatic N) is 1. The first-order valence-electron chi connectivity index (χ1n) is 5.84.